The van der Waals surface area contributed by atoms with Gasteiger partial charge in [0.1, 0.15) is 0 Å². The Morgan fingerprint density at radius 3 is 2.12 bits per heavy atom. The van der Waals surface area contributed by atoms with Gasteiger partial charge in [0.2, 0.25) is 0 Å². The molecule has 1 amide bonds. The lowest BCUT2D eigenvalue weighted by molar-refractivity contribution is 0.00578. The molecule has 2 heterocycles. The van der Waals surface area contributed by atoms with Crippen molar-refractivity contribution in [1.82, 2.24) is 4.90 Å². The van der Waals surface area contributed by atoms with E-state index in [1.807, 2.05) is 0 Å². The standard InChI is InChI=1S/C18H28BNO4/c1-17(2)18(3,4)24-19(23-17)13-9-14(11-5-6-11)20(16(21)22)15(10-13)12-7-8-12/h9,11-12,14-15H,5-8,10H2,1-4H3,(H,21,22)/t14-,15+/m0/s1. The van der Waals surface area contributed by atoms with E-state index in [-0.39, 0.29) is 30.4 Å². The van der Waals surface area contributed by atoms with Crippen molar-refractivity contribution in [1.29, 1.82) is 0 Å². The zero-order valence-corrected chi connectivity index (χ0v) is 15.1. The van der Waals surface area contributed by atoms with Crippen molar-refractivity contribution in [2.24, 2.45) is 11.8 Å². The SMILES string of the molecule is CC1(C)OB(C2=C[C@@H](C3CC3)N(C(=O)O)[C@@H](C3CC3)C2)OC1(C)C. The van der Waals surface area contributed by atoms with Crippen LogP contribution < -0.4 is 0 Å². The Morgan fingerprint density at radius 2 is 1.67 bits per heavy atom. The summed E-state index contributed by atoms with van der Waals surface area (Å²) in [6.45, 7) is 8.26. The molecule has 6 heteroatoms. The van der Waals surface area contributed by atoms with E-state index in [4.69, 9.17) is 9.31 Å². The van der Waals surface area contributed by atoms with Gasteiger partial charge in [0, 0.05) is 6.04 Å². The summed E-state index contributed by atoms with van der Waals surface area (Å²) in [5, 5.41) is 9.78. The lowest BCUT2D eigenvalue weighted by Gasteiger charge is -2.40. The summed E-state index contributed by atoms with van der Waals surface area (Å²) in [4.78, 5) is 13.6. The summed E-state index contributed by atoms with van der Waals surface area (Å²) in [5.41, 5.74) is 0.444. The van der Waals surface area contributed by atoms with Crippen LogP contribution in [0.15, 0.2) is 11.5 Å². The predicted molar refractivity (Wildman–Crippen MR) is 91.7 cm³/mol. The molecule has 0 bridgehead atoms. The summed E-state index contributed by atoms with van der Waals surface area (Å²) in [5.74, 6) is 0.980. The maximum Gasteiger partial charge on any atom is 0.490 e. The van der Waals surface area contributed by atoms with Gasteiger partial charge in [0.05, 0.1) is 17.2 Å². The number of amides is 1. The smallest absolute Gasteiger partial charge is 0.465 e. The van der Waals surface area contributed by atoms with Gasteiger partial charge in [-0.1, -0.05) is 6.08 Å². The van der Waals surface area contributed by atoms with Crippen molar-refractivity contribution in [3.05, 3.63) is 11.5 Å². The van der Waals surface area contributed by atoms with Crippen LogP contribution in [0.25, 0.3) is 0 Å². The molecular weight excluding hydrogens is 305 g/mol. The molecule has 3 fully saturated rings. The second-order valence-electron chi connectivity index (χ2n) is 8.96. The molecule has 4 rings (SSSR count). The van der Waals surface area contributed by atoms with Crippen molar-refractivity contribution in [3.63, 3.8) is 0 Å². The Hall–Kier alpha value is -1.01. The largest absolute Gasteiger partial charge is 0.490 e. The third-order valence-corrected chi connectivity index (χ3v) is 6.56. The molecule has 0 aromatic carbocycles. The van der Waals surface area contributed by atoms with E-state index < -0.39 is 6.09 Å². The Bertz CT molecular complexity index is 564. The topological polar surface area (TPSA) is 59.0 Å². The van der Waals surface area contributed by atoms with Crippen molar-refractivity contribution in [2.75, 3.05) is 0 Å². The maximum atomic E-state index is 11.9. The summed E-state index contributed by atoms with van der Waals surface area (Å²) >= 11 is 0. The Kier molecular flexibility index (Phi) is 3.60. The molecule has 0 radical (unpaired) electrons. The molecular formula is C18H28BNO4. The zero-order valence-electron chi connectivity index (χ0n) is 15.1. The average molecular weight is 333 g/mol. The summed E-state index contributed by atoms with van der Waals surface area (Å²) in [6, 6.07) is 0.0861. The van der Waals surface area contributed by atoms with E-state index >= 15 is 0 Å². The van der Waals surface area contributed by atoms with Gasteiger partial charge in [0.15, 0.2) is 0 Å². The summed E-state index contributed by atoms with van der Waals surface area (Å²) in [7, 11) is -0.339. The number of rotatable bonds is 3. The number of nitrogens with zero attached hydrogens (tertiary/aromatic N) is 1. The van der Waals surface area contributed by atoms with Crippen LogP contribution in [-0.4, -0.2) is 46.5 Å². The first kappa shape index (κ1) is 16.5. The van der Waals surface area contributed by atoms with Gasteiger partial charge in [-0.3, -0.25) is 4.90 Å². The van der Waals surface area contributed by atoms with Crippen LogP contribution in [0, 0.1) is 11.8 Å². The average Bonchev–Trinajstić information content (AvgIpc) is 3.37. The molecule has 24 heavy (non-hydrogen) atoms. The van der Waals surface area contributed by atoms with Gasteiger partial charge >= 0.3 is 13.2 Å². The molecule has 0 spiro atoms. The fourth-order valence-electron chi connectivity index (χ4n) is 4.04. The highest BCUT2D eigenvalue weighted by molar-refractivity contribution is 6.54. The van der Waals surface area contributed by atoms with E-state index in [0.29, 0.717) is 11.8 Å². The molecule has 5 nitrogen and oxygen atoms in total. The van der Waals surface area contributed by atoms with E-state index in [1.54, 1.807) is 4.90 Å². The Labute approximate surface area is 144 Å². The fraction of sp³-hybridized carbons (Fsp3) is 0.833. The minimum Gasteiger partial charge on any atom is -0.465 e. The molecule has 2 aliphatic heterocycles. The van der Waals surface area contributed by atoms with E-state index in [2.05, 4.69) is 33.8 Å². The second-order valence-corrected chi connectivity index (χ2v) is 8.96. The first-order chi connectivity index (χ1) is 11.2. The van der Waals surface area contributed by atoms with Gasteiger partial charge in [-0.25, -0.2) is 4.79 Å². The van der Waals surface area contributed by atoms with Gasteiger partial charge < -0.3 is 14.4 Å². The first-order valence-electron chi connectivity index (χ1n) is 9.27. The van der Waals surface area contributed by atoms with Crippen LogP contribution in [0.4, 0.5) is 4.79 Å². The van der Waals surface area contributed by atoms with Gasteiger partial charge in [0.25, 0.3) is 0 Å². The lowest BCUT2D eigenvalue weighted by Crippen LogP contribution is -2.52. The number of carbonyl (C=O) groups is 1. The van der Waals surface area contributed by atoms with Gasteiger partial charge in [-0.2, -0.15) is 0 Å². The van der Waals surface area contributed by atoms with Crippen molar-refractivity contribution in [3.8, 4) is 0 Å². The van der Waals surface area contributed by atoms with Crippen LogP contribution in [-0.2, 0) is 9.31 Å². The van der Waals surface area contributed by atoms with Crippen molar-refractivity contribution in [2.45, 2.75) is 83.1 Å². The molecule has 4 aliphatic rings. The molecule has 0 aromatic rings. The predicted octanol–water partition coefficient (Wildman–Crippen LogP) is 3.49. The third-order valence-electron chi connectivity index (χ3n) is 6.56. The molecule has 0 aromatic heterocycles. The Balaban J connectivity index is 1.63. The monoisotopic (exact) mass is 333 g/mol. The quantitative estimate of drug-likeness (QED) is 0.803. The van der Waals surface area contributed by atoms with Gasteiger partial charge in [-0.15, -0.1) is 0 Å². The molecule has 1 saturated heterocycles. The van der Waals surface area contributed by atoms with E-state index in [9.17, 15) is 9.90 Å². The minimum absolute atomic E-state index is 0.00382. The van der Waals surface area contributed by atoms with Crippen LogP contribution in [0.5, 0.6) is 0 Å². The molecule has 2 atom stereocenters. The highest BCUT2D eigenvalue weighted by Gasteiger charge is 2.55. The first-order valence-corrected chi connectivity index (χ1v) is 9.27. The van der Waals surface area contributed by atoms with E-state index in [1.165, 1.54) is 0 Å². The molecule has 132 valence electrons. The molecule has 0 unspecified atom stereocenters. The number of hydrogen-bond acceptors (Lipinski definition) is 3. The van der Waals surface area contributed by atoms with Gasteiger partial charge in [-0.05, 0) is 77.1 Å². The third kappa shape index (κ3) is 2.68. The summed E-state index contributed by atoms with van der Waals surface area (Å²) < 4.78 is 12.5. The zero-order chi connectivity index (χ0) is 17.3. The van der Waals surface area contributed by atoms with Crippen LogP contribution >= 0.6 is 0 Å². The lowest BCUT2D eigenvalue weighted by atomic mass is 9.70. The second kappa shape index (κ2) is 5.24. The summed E-state index contributed by atoms with van der Waals surface area (Å²) in [6.07, 6.45) is 6.65. The highest BCUT2D eigenvalue weighted by Crippen LogP contribution is 2.48. The van der Waals surface area contributed by atoms with Crippen molar-refractivity contribution < 1.29 is 19.2 Å². The van der Waals surface area contributed by atoms with Crippen molar-refractivity contribution >= 4 is 13.2 Å². The van der Waals surface area contributed by atoms with Crippen LogP contribution in [0.1, 0.15) is 59.8 Å². The fourth-order valence-corrected chi connectivity index (χ4v) is 4.04. The number of hydrogen-bond donors (Lipinski definition) is 1. The number of carboxylic acid groups (broad SMARTS) is 1. The maximum absolute atomic E-state index is 11.9. The minimum atomic E-state index is -0.770. The normalized spacial score (nSPS) is 35.1. The van der Waals surface area contributed by atoms with E-state index in [0.717, 1.165) is 37.6 Å². The molecule has 2 aliphatic carbocycles. The van der Waals surface area contributed by atoms with Crippen LogP contribution in [0.2, 0.25) is 0 Å². The Morgan fingerprint density at radius 1 is 1.12 bits per heavy atom. The molecule has 1 N–H and O–H groups in total. The van der Waals surface area contributed by atoms with Crippen LogP contribution in [0.3, 0.4) is 0 Å². The molecule has 2 saturated carbocycles. The highest BCUT2D eigenvalue weighted by atomic mass is 16.7.